The molecule has 3 fully saturated rings. The average Bonchev–Trinajstić information content (AvgIpc) is 3.27. The minimum Gasteiger partial charge on any atom is -0.378 e. The molecule has 3 aliphatic heterocycles. The van der Waals surface area contributed by atoms with Crippen LogP contribution in [0.15, 0.2) is 17.5 Å². The minimum atomic E-state index is -0.00874. The lowest BCUT2D eigenvalue weighted by Gasteiger charge is -2.30. The summed E-state index contributed by atoms with van der Waals surface area (Å²) in [6.45, 7) is 5.30. The summed E-state index contributed by atoms with van der Waals surface area (Å²) in [5.74, 6) is 0.249. The molecule has 0 spiro atoms. The number of ether oxygens (including phenoxy) is 2. The van der Waals surface area contributed by atoms with E-state index in [9.17, 15) is 4.79 Å². The Hall–Kier alpha value is -0.950. The largest absolute Gasteiger partial charge is 0.378 e. The third-order valence-electron chi connectivity index (χ3n) is 4.98. The van der Waals surface area contributed by atoms with Gasteiger partial charge in [0.15, 0.2) is 0 Å². The van der Waals surface area contributed by atoms with Crippen LogP contribution in [0.5, 0.6) is 0 Å². The predicted molar refractivity (Wildman–Crippen MR) is 83.8 cm³/mol. The molecule has 22 heavy (non-hydrogen) atoms. The van der Waals surface area contributed by atoms with Gasteiger partial charge in [-0.3, -0.25) is 9.69 Å². The number of fused-ring (bicyclic) bond motifs is 1. The molecule has 120 valence electrons. The van der Waals surface area contributed by atoms with Crippen LogP contribution in [0.25, 0.3) is 0 Å². The molecule has 1 aromatic rings. The van der Waals surface area contributed by atoms with Gasteiger partial charge < -0.3 is 14.4 Å². The second-order valence-corrected chi connectivity index (χ2v) is 7.28. The number of thiophene rings is 1. The van der Waals surface area contributed by atoms with Crippen molar-refractivity contribution in [2.45, 2.75) is 25.1 Å². The van der Waals surface area contributed by atoms with Gasteiger partial charge in [-0.05, 0) is 17.9 Å². The molecule has 0 bridgehead atoms. The monoisotopic (exact) mass is 322 g/mol. The van der Waals surface area contributed by atoms with Gasteiger partial charge in [0.25, 0.3) is 0 Å². The van der Waals surface area contributed by atoms with E-state index in [4.69, 9.17) is 9.47 Å². The van der Waals surface area contributed by atoms with E-state index >= 15 is 0 Å². The van der Waals surface area contributed by atoms with Gasteiger partial charge in [0.2, 0.25) is 5.91 Å². The van der Waals surface area contributed by atoms with Crippen LogP contribution in [0.1, 0.15) is 11.3 Å². The summed E-state index contributed by atoms with van der Waals surface area (Å²) < 4.78 is 11.3. The van der Waals surface area contributed by atoms with E-state index in [1.54, 1.807) is 11.3 Å². The van der Waals surface area contributed by atoms with Crippen LogP contribution in [0.2, 0.25) is 0 Å². The van der Waals surface area contributed by atoms with Crippen molar-refractivity contribution in [1.29, 1.82) is 0 Å². The Kier molecular flexibility index (Phi) is 4.17. The number of hydrogen-bond acceptors (Lipinski definition) is 5. The first kappa shape index (κ1) is 14.6. The van der Waals surface area contributed by atoms with Gasteiger partial charge in [-0.1, -0.05) is 6.07 Å². The zero-order valence-corrected chi connectivity index (χ0v) is 13.5. The van der Waals surface area contributed by atoms with E-state index in [0.717, 1.165) is 39.2 Å². The maximum atomic E-state index is 12.9. The van der Waals surface area contributed by atoms with Crippen LogP contribution in [0, 0.1) is 5.92 Å². The highest BCUT2D eigenvalue weighted by molar-refractivity contribution is 7.09. The highest BCUT2D eigenvalue weighted by atomic mass is 32.1. The van der Waals surface area contributed by atoms with Crippen LogP contribution in [-0.2, 0) is 20.8 Å². The average molecular weight is 322 g/mol. The van der Waals surface area contributed by atoms with Gasteiger partial charge in [0.1, 0.15) is 0 Å². The van der Waals surface area contributed by atoms with Gasteiger partial charge in [-0.2, -0.15) is 0 Å². The predicted octanol–water partition coefficient (Wildman–Crippen LogP) is 1.20. The topological polar surface area (TPSA) is 42.0 Å². The first-order valence-electron chi connectivity index (χ1n) is 8.07. The molecule has 3 atom stereocenters. The molecule has 0 radical (unpaired) electrons. The third kappa shape index (κ3) is 2.69. The summed E-state index contributed by atoms with van der Waals surface area (Å²) in [7, 11) is 0. The number of rotatable bonds is 3. The second-order valence-electron chi connectivity index (χ2n) is 6.24. The van der Waals surface area contributed by atoms with E-state index in [-0.39, 0.29) is 17.9 Å². The van der Waals surface area contributed by atoms with Crippen molar-refractivity contribution in [2.75, 3.05) is 39.5 Å². The Morgan fingerprint density at radius 3 is 2.95 bits per heavy atom. The summed E-state index contributed by atoms with van der Waals surface area (Å²) in [4.78, 5) is 18.6. The number of nitrogens with zero attached hydrogens (tertiary/aromatic N) is 2. The fourth-order valence-corrected chi connectivity index (χ4v) is 4.62. The molecule has 0 unspecified atom stereocenters. The number of carbonyl (C=O) groups excluding carboxylic acids is 1. The maximum Gasteiger partial charge on any atom is 0.229 e. The first-order chi connectivity index (χ1) is 10.8. The highest BCUT2D eigenvalue weighted by Crippen LogP contribution is 2.36. The zero-order valence-electron chi connectivity index (χ0n) is 12.6. The standard InChI is InChI=1S/C16H22N2O3S/c19-16(17-4-7-20-8-5-17)13-11-18(10-12-2-1-9-22-12)14-3-6-21-15(13)14/h1-2,9,13-15H,3-8,10-11H2/t13-,14+,15+/m0/s1. The van der Waals surface area contributed by atoms with E-state index in [2.05, 4.69) is 22.4 Å². The fraction of sp³-hybridized carbons (Fsp3) is 0.688. The molecular formula is C16H22N2O3S. The fourth-order valence-electron chi connectivity index (χ4n) is 3.89. The van der Waals surface area contributed by atoms with Crippen LogP contribution < -0.4 is 0 Å². The number of likely N-dealkylation sites (tertiary alicyclic amines) is 1. The lowest BCUT2D eigenvalue weighted by Crippen LogP contribution is -2.46. The molecule has 4 heterocycles. The summed E-state index contributed by atoms with van der Waals surface area (Å²) in [6.07, 6.45) is 1.12. The van der Waals surface area contributed by atoms with Gasteiger partial charge in [-0.15, -0.1) is 11.3 Å². The van der Waals surface area contributed by atoms with Crippen molar-refractivity contribution in [1.82, 2.24) is 9.80 Å². The van der Waals surface area contributed by atoms with E-state index in [1.165, 1.54) is 4.88 Å². The molecule has 0 aromatic carbocycles. The molecular weight excluding hydrogens is 300 g/mol. The van der Waals surface area contributed by atoms with Crippen LogP contribution in [-0.4, -0.2) is 67.3 Å². The quantitative estimate of drug-likeness (QED) is 0.838. The Morgan fingerprint density at radius 1 is 1.32 bits per heavy atom. The Labute approximate surface area is 134 Å². The SMILES string of the molecule is O=C([C@H]1CN(Cc2cccs2)[C@@H]2CCO[C@H]12)N1CCOCC1. The molecule has 5 nitrogen and oxygen atoms in total. The summed E-state index contributed by atoms with van der Waals surface area (Å²) in [5, 5.41) is 2.12. The Morgan fingerprint density at radius 2 is 2.18 bits per heavy atom. The van der Waals surface area contributed by atoms with Crippen molar-refractivity contribution in [3.63, 3.8) is 0 Å². The summed E-state index contributed by atoms with van der Waals surface area (Å²) in [5.41, 5.74) is 0. The maximum absolute atomic E-state index is 12.9. The van der Waals surface area contributed by atoms with Gasteiger partial charge in [0, 0.05) is 43.7 Å². The van der Waals surface area contributed by atoms with Crippen molar-refractivity contribution in [3.05, 3.63) is 22.4 Å². The molecule has 4 rings (SSSR count). The first-order valence-corrected chi connectivity index (χ1v) is 8.95. The van der Waals surface area contributed by atoms with Gasteiger partial charge in [-0.25, -0.2) is 0 Å². The molecule has 0 N–H and O–H groups in total. The highest BCUT2D eigenvalue weighted by Gasteiger charge is 2.49. The van der Waals surface area contributed by atoms with Crippen molar-refractivity contribution in [2.24, 2.45) is 5.92 Å². The van der Waals surface area contributed by atoms with Crippen molar-refractivity contribution >= 4 is 17.2 Å². The normalized spacial score (nSPS) is 32.4. The van der Waals surface area contributed by atoms with Crippen LogP contribution >= 0.6 is 11.3 Å². The number of amides is 1. The van der Waals surface area contributed by atoms with Crippen molar-refractivity contribution in [3.8, 4) is 0 Å². The smallest absolute Gasteiger partial charge is 0.229 e. The van der Waals surface area contributed by atoms with Gasteiger partial charge >= 0.3 is 0 Å². The molecule has 1 aromatic heterocycles. The number of hydrogen-bond donors (Lipinski definition) is 0. The van der Waals surface area contributed by atoms with Crippen LogP contribution in [0.3, 0.4) is 0 Å². The summed E-state index contributed by atoms with van der Waals surface area (Å²) in [6, 6.07) is 4.67. The lowest BCUT2D eigenvalue weighted by molar-refractivity contribution is -0.142. The summed E-state index contributed by atoms with van der Waals surface area (Å²) >= 11 is 1.79. The molecule has 3 saturated heterocycles. The second kappa shape index (κ2) is 6.28. The van der Waals surface area contributed by atoms with Gasteiger partial charge in [0.05, 0.1) is 25.2 Å². The molecule has 0 aliphatic carbocycles. The number of carbonyl (C=O) groups is 1. The Balaban J connectivity index is 1.47. The van der Waals surface area contributed by atoms with E-state index in [0.29, 0.717) is 19.3 Å². The lowest BCUT2D eigenvalue weighted by atomic mass is 10.0. The van der Waals surface area contributed by atoms with E-state index < -0.39 is 0 Å². The van der Waals surface area contributed by atoms with Crippen LogP contribution in [0.4, 0.5) is 0 Å². The third-order valence-corrected chi connectivity index (χ3v) is 5.84. The molecule has 1 amide bonds. The van der Waals surface area contributed by atoms with E-state index in [1.807, 2.05) is 4.90 Å². The Bertz CT molecular complexity index is 515. The molecule has 3 aliphatic rings. The minimum absolute atomic E-state index is 0.00874. The molecule has 6 heteroatoms. The number of morpholine rings is 1. The molecule has 0 saturated carbocycles. The van der Waals surface area contributed by atoms with Crippen molar-refractivity contribution < 1.29 is 14.3 Å². The zero-order chi connectivity index (χ0) is 14.9.